The minimum absolute atomic E-state index is 0.0146. The normalized spacial score (nSPS) is 31.4. The number of ketones is 1. The van der Waals surface area contributed by atoms with Crippen molar-refractivity contribution in [1.82, 2.24) is 5.32 Å². The monoisotopic (exact) mass is 907 g/mol. The summed E-state index contributed by atoms with van der Waals surface area (Å²) in [5.41, 5.74) is -7.83. The number of esters is 3. The molecule has 0 aromatic heterocycles. The molecule has 3 aromatic rings. The molecule has 11 atom stereocenters. The van der Waals surface area contributed by atoms with Gasteiger partial charge >= 0.3 is 24.1 Å². The lowest BCUT2D eigenvalue weighted by molar-refractivity contribution is -0.351. The third kappa shape index (κ3) is 8.26. The number of hydrogen-bond donors (Lipinski definition) is 4. The minimum atomic E-state index is -4.65. The van der Waals surface area contributed by atoms with Crippen LogP contribution in [-0.4, -0.2) is 99.4 Å². The Morgan fingerprint density at radius 2 is 1.52 bits per heavy atom. The van der Waals surface area contributed by atoms with Crippen molar-refractivity contribution in [1.29, 1.82) is 0 Å². The van der Waals surface area contributed by atoms with Crippen LogP contribution in [0.15, 0.2) is 96.1 Å². The number of benzene rings is 3. The lowest BCUT2D eigenvalue weighted by Crippen LogP contribution is -2.81. The summed E-state index contributed by atoms with van der Waals surface area (Å²) in [7, 11) is 0. The van der Waals surface area contributed by atoms with Gasteiger partial charge in [-0.1, -0.05) is 74.5 Å². The van der Waals surface area contributed by atoms with Crippen LogP contribution in [-0.2, 0) is 55.6 Å². The fraction of sp³-hybridized carbons (Fsp3) is 0.479. The van der Waals surface area contributed by atoms with Gasteiger partial charge in [0.2, 0.25) is 0 Å². The van der Waals surface area contributed by atoms with Gasteiger partial charge in [-0.05, 0) is 60.4 Å². The number of halogens is 3. The number of ether oxygens (including phenoxy) is 5. The Kier molecular flexibility index (Phi) is 12.7. The molecule has 1 saturated heterocycles. The van der Waals surface area contributed by atoms with Crippen molar-refractivity contribution < 1.29 is 76.1 Å². The van der Waals surface area contributed by atoms with Crippen LogP contribution in [0.3, 0.4) is 0 Å². The highest BCUT2D eigenvalue weighted by Gasteiger charge is 2.77. The van der Waals surface area contributed by atoms with Gasteiger partial charge in [-0.25, -0.2) is 4.79 Å². The third-order valence-corrected chi connectivity index (χ3v) is 13.9. The van der Waals surface area contributed by atoms with Crippen LogP contribution in [0.4, 0.5) is 13.2 Å². The predicted octanol–water partition coefficient (Wildman–Crippen LogP) is 5.11. The van der Waals surface area contributed by atoms with Crippen molar-refractivity contribution in [3.8, 4) is 0 Å². The summed E-state index contributed by atoms with van der Waals surface area (Å²) in [6, 6.07) is 18.9. The fourth-order valence-corrected chi connectivity index (χ4v) is 10.5. The van der Waals surface area contributed by atoms with Gasteiger partial charge in [-0.15, -0.1) is 0 Å². The van der Waals surface area contributed by atoms with Crippen molar-refractivity contribution >= 4 is 29.6 Å². The van der Waals surface area contributed by atoms with Gasteiger partial charge in [0.05, 0.1) is 42.4 Å². The number of Topliss-reactive ketones (excluding diaryl/α,β-unsaturated/α-hetero) is 1. The molecule has 0 radical (unpaired) electrons. The molecule has 3 aromatic carbocycles. The van der Waals surface area contributed by atoms with Crippen LogP contribution in [0.25, 0.3) is 0 Å². The molecule has 2 saturated carbocycles. The quantitative estimate of drug-likeness (QED) is 0.112. The van der Waals surface area contributed by atoms with Crippen molar-refractivity contribution in [2.75, 3.05) is 6.61 Å². The highest BCUT2D eigenvalue weighted by molar-refractivity contribution is 5.96. The standard InChI is InChI=1S/C48H52F3NO13/c1-25-32(64-43(59)37(56)36(29-13-9-7-10-14-29)52-42(58)30-15-11-8-12-16-30)22-47(60)41(61-23-28-17-19-31(20-18-28)48(49,50)51)39-45(6,33(55)21-34-46(39,24-62-34)65-27(3)54)40(57)38(63-26(2)53)35(25)44(47,4)5/h7-20,32-34,36-39,41,55-56,60H,21-24H2,1-6H3,(H,52,58)/t32-,33-,34+,36-,37+,38+,39-,41-,45+,46-,47+/m0/s1. The van der Waals surface area contributed by atoms with Crippen LogP contribution in [0.2, 0.25) is 0 Å². The molecule has 3 aliphatic carbocycles. The molecule has 348 valence electrons. The smallest absolute Gasteiger partial charge is 0.416 e. The highest BCUT2D eigenvalue weighted by atomic mass is 19.4. The Bertz CT molecular complexity index is 2360. The number of hydrogen-bond acceptors (Lipinski definition) is 13. The van der Waals surface area contributed by atoms with E-state index < -0.39 is 125 Å². The summed E-state index contributed by atoms with van der Waals surface area (Å²) >= 11 is 0. The maximum Gasteiger partial charge on any atom is 0.416 e. The van der Waals surface area contributed by atoms with Crippen molar-refractivity contribution in [3.63, 3.8) is 0 Å². The van der Waals surface area contributed by atoms with E-state index in [0.717, 1.165) is 26.0 Å². The first-order chi connectivity index (χ1) is 30.5. The zero-order chi connectivity index (χ0) is 47.4. The van der Waals surface area contributed by atoms with Gasteiger partial charge in [0.15, 0.2) is 23.6 Å². The third-order valence-electron chi connectivity index (χ3n) is 13.9. The van der Waals surface area contributed by atoms with Crippen molar-refractivity contribution in [2.24, 2.45) is 16.7 Å². The lowest BCUT2D eigenvalue weighted by atomic mass is 9.44. The second kappa shape index (κ2) is 17.4. The maximum atomic E-state index is 15.5. The number of amides is 1. The number of alkyl halides is 3. The molecule has 0 spiro atoms. The summed E-state index contributed by atoms with van der Waals surface area (Å²) in [6.45, 7) is 7.39. The summed E-state index contributed by atoms with van der Waals surface area (Å²) in [6.07, 6.45) is -15.1. The second-order valence-electron chi connectivity index (χ2n) is 18.1. The van der Waals surface area contributed by atoms with Crippen LogP contribution < -0.4 is 5.32 Å². The minimum Gasteiger partial charge on any atom is -0.456 e. The molecule has 1 amide bonds. The molecule has 1 aliphatic heterocycles. The fourth-order valence-electron chi connectivity index (χ4n) is 10.5. The van der Waals surface area contributed by atoms with Gasteiger partial charge in [0.1, 0.15) is 17.8 Å². The second-order valence-corrected chi connectivity index (χ2v) is 18.1. The molecule has 65 heavy (non-hydrogen) atoms. The topological polar surface area (TPSA) is 204 Å². The number of carbonyl (C=O) groups is 5. The first kappa shape index (κ1) is 47.5. The van der Waals surface area contributed by atoms with E-state index >= 15 is 4.79 Å². The Labute approximate surface area is 373 Å². The van der Waals surface area contributed by atoms with Crippen LogP contribution in [0.5, 0.6) is 0 Å². The van der Waals surface area contributed by atoms with E-state index in [1.165, 1.54) is 26.0 Å². The van der Waals surface area contributed by atoms with Crippen molar-refractivity contribution in [2.45, 2.75) is 121 Å². The summed E-state index contributed by atoms with van der Waals surface area (Å²) in [5, 5.41) is 40.3. The van der Waals surface area contributed by atoms with E-state index in [4.69, 9.17) is 23.7 Å². The van der Waals surface area contributed by atoms with Crippen LogP contribution in [0.1, 0.15) is 87.5 Å². The van der Waals surface area contributed by atoms with E-state index in [2.05, 4.69) is 5.32 Å². The molecular formula is C48H52F3NO13. The number of carbonyl (C=O) groups excluding carboxylic acids is 5. The number of aliphatic hydroxyl groups excluding tert-OH is 2. The molecule has 4 N–H and O–H groups in total. The van der Waals surface area contributed by atoms with Crippen molar-refractivity contribution in [3.05, 3.63) is 118 Å². The summed E-state index contributed by atoms with van der Waals surface area (Å²) in [4.78, 5) is 69.3. The molecule has 2 bridgehead atoms. The van der Waals surface area contributed by atoms with E-state index in [0.29, 0.717) is 5.56 Å². The maximum absolute atomic E-state index is 15.5. The average Bonchev–Trinajstić information content (AvgIpc) is 3.25. The highest BCUT2D eigenvalue weighted by Crippen LogP contribution is 2.64. The zero-order valence-electron chi connectivity index (χ0n) is 36.6. The Hall–Kier alpha value is -5.46. The molecule has 0 unspecified atom stereocenters. The zero-order valence-corrected chi connectivity index (χ0v) is 36.6. The Morgan fingerprint density at radius 1 is 0.908 bits per heavy atom. The molecule has 1 heterocycles. The van der Waals surface area contributed by atoms with Gasteiger partial charge in [0, 0.05) is 43.6 Å². The number of rotatable bonds is 11. The molecular weight excluding hydrogens is 856 g/mol. The van der Waals surface area contributed by atoms with Crippen LogP contribution in [0, 0.1) is 16.7 Å². The summed E-state index contributed by atoms with van der Waals surface area (Å²) < 4.78 is 71.3. The number of aliphatic hydroxyl groups is 3. The van der Waals surface area contributed by atoms with E-state index in [1.807, 2.05) is 0 Å². The first-order valence-corrected chi connectivity index (χ1v) is 21.2. The van der Waals surface area contributed by atoms with Crippen LogP contribution >= 0.6 is 0 Å². The molecule has 17 heteroatoms. The number of fused-ring (bicyclic) bond motifs is 5. The molecule has 14 nitrogen and oxygen atoms in total. The Balaban J connectivity index is 1.37. The van der Waals surface area contributed by atoms with Gasteiger partial charge in [-0.3, -0.25) is 19.2 Å². The summed E-state index contributed by atoms with van der Waals surface area (Å²) in [5.74, 6) is -5.97. The predicted molar refractivity (Wildman–Crippen MR) is 222 cm³/mol. The van der Waals surface area contributed by atoms with Gasteiger partial charge in [0.25, 0.3) is 5.91 Å². The lowest BCUT2D eigenvalue weighted by Gasteiger charge is -2.67. The van der Waals surface area contributed by atoms with E-state index in [1.54, 1.807) is 74.5 Å². The van der Waals surface area contributed by atoms with E-state index in [-0.39, 0.29) is 35.3 Å². The average molecular weight is 908 g/mol. The number of nitrogens with one attached hydrogen (secondary N) is 1. The van der Waals surface area contributed by atoms with Gasteiger partial charge < -0.3 is 44.3 Å². The Morgan fingerprint density at radius 3 is 2.08 bits per heavy atom. The SMILES string of the molecule is CC(=O)O[C@H]1C(=O)[C@@]2(C)[C@H]([C@H](OCc3ccc(C(F)(F)F)cc3)[C@]3(O)C[C@H](OC(=O)[C@H](O)[C@@H](NC(=O)c4ccccc4)c4ccccc4)C(C)=C1C3(C)C)[C@]1(OC(C)=O)CO[C@@H]1C[C@@H]2O. The molecule has 7 rings (SSSR count). The van der Waals surface area contributed by atoms with Gasteiger partial charge in [-0.2, -0.15) is 13.2 Å². The first-order valence-electron chi connectivity index (χ1n) is 21.2. The largest absolute Gasteiger partial charge is 0.456 e. The molecule has 4 aliphatic rings. The van der Waals surface area contributed by atoms with E-state index in [9.17, 15) is 47.7 Å². The molecule has 3 fully saturated rings.